The van der Waals surface area contributed by atoms with E-state index in [9.17, 15) is 0 Å². The van der Waals surface area contributed by atoms with Crippen LogP contribution in [0.25, 0.3) is 0 Å². The number of nitrogens with two attached hydrogens (primary N) is 1. The summed E-state index contributed by atoms with van der Waals surface area (Å²) in [5, 5.41) is 0. The average molecular weight is 169 g/mol. The summed E-state index contributed by atoms with van der Waals surface area (Å²) in [7, 11) is -2.62. The van der Waals surface area contributed by atoms with E-state index in [0.29, 0.717) is 0 Å². The summed E-state index contributed by atoms with van der Waals surface area (Å²) >= 11 is 0. The number of rotatable bonds is 3. The highest BCUT2D eigenvalue weighted by Gasteiger charge is 1.76. The van der Waals surface area contributed by atoms with Crippen molar-refractivity contribution in [3.63, 3.8) is 0 Å². The SMILES string of the molecule is CCCCCN.OP(O)O. The number of unbranched alkanes of at least 4 members (excludes halogenated alkanes) is 2. The molecule has 0 aromatic carbocycles. The van der Waals surface area contributed by atoms with Crippen LogP contribution in [0.2, 0.25) is 0 Å². The molecule has 0 aliphatic carbocycles. The normalized spacial score (nSPS) is 9.00. The molecule has 0 amide bonds. The molecule has 0 aromatic rings. The molecule has 5 heteroatoms. The van der Waals surface area contributed by atoms with Crippen molar-refractivity contribution in [2.45, 2.75) is 26.2 Å². The third-order valence-corrected chi connectivity index (χ3v) is 0.808. The van der Waals surface area contributed by atoms with Gasteiger partial charge in [0.2, 0.25) is 0 Å². The molecule has 0 atom stereocenters. The molecule has 0 saturated heterocycles. The monoisotopic (exact) mass is 169 g/mol. The van der Waals surface area contributed by atoms with Crippen molar-refractivity contribution in [1.82, 2.24) is 0 Å². The molecule has 0 aliphatic rings. The topological polar surface area (TPSA) is 86.7 Å². The van der Waals surface area contributed by atoms with Crippen LogP contribution in [0.3, 0.4) is 0 Å². The van der Waals surface area contributed by atoms with Crippen LogP contribution < -0.4 is 5.73 Å². The summed E-state index contributed by atoms with van der Waals surface area (Å²) in [6.45, 7) is 3.03. The minimum absolute atomic E-state index is 0.855. The molecule has 0 unspecified atom stereocenters. The van der Waals surface area contributed by atoms with Crippen molar-refractivity contribution in [2.75, 3.05) is 6.54 Å². The second kappa shape index (κ2) is 12.0. The number of hydrogen-bond acceptors (Lipinski definition) is 4. The minimum atomic E-state index is -2.62. The molecule has 0 saturated carbocycles. The molecule has 4 nitrogen and oxygen atoms in total. The van der Waals surface area contributed by atoms with E-state index in [1.165, 1.54) is 19.3 Å². The predicted octanol–water partition coefficient (Wildman–Crippen LogP) is 0.325. The fourth-order valence-electron chi connectivity index (χ4n) is 0.394. The molecule has 0 aliphatic heterocycles. The van der Waals surface area contributed by atoms with Crippen LogP contribution in [-0.2, 0) is 0 Å². The quantitative estimate of drug-likeness (QED) is 0.362. The predicted molar refractivity (Wildman–Crippen MR) is 42.2 cm³/mol. The Labute approximate surface area is 62.7 Å². The van der Waals surface area contributed by atoms with Gasteiger partial charge in [-0.2, -0.15) is 0 Å². The van der Waals surface area contributed by atoms with E-state index in [2.05, 4.69) is 6.92 Å². The Morgan fingerprint density at radius 3 is 1.70 bits per heavy atom. The van der Waals surface area contributed by atoms with E-state index < -0.39 is 8.60 Å². The molecule has 5 N–H and O–H groups in total. The van der Waals surface area contributed by atoms with Crippen LogP contribution in [0, 0.1) is 0 Å². The Morgan fingerprint density at radius 1 is 1.20 bits per heavy atom. The van der Waals surface area contributed by atoms with Gasteiger partial charge in [-0.15, -0.1) is 0 Å². The zero-order valence-corrected chi connectivity index (χ0v) is 7.09. The Balaban J connectivity index is 0. The molecule has 0 aromatic heterocycles. The van der Waals surface area contributed by atoms with Gasteiger partial charge in [-0.05, 0) is 13.0 Å². The first-order chi connectivity index (χ1) is 4.65. The van der Waals surface area contributed by atoms with Crippen LogP contribution >= 0.6 is 8.60 Å². The molecule has 0 rings (SSSR count). The van der Waals surface area contributed by atoms with E-state index >= 15 is 0 Å². The highest BCUT2D eigenvalue weighted by molar-refractivity contribution is 7.38. The van der Waals surface area contributed by atoms with Gasteiger partial charge in [-0.1, -0.05) is 19.8 Å². The van der Waals surface area contributed by atoms with Gasteiger partial charge < -0.3 is 20.4 Å². The molecule has 10 heavy (non-hydrogen) atoms. The summed E-state index contributed by atoms with van der Waals surface area (Å²) in [6.07, 6.45) is 3.75. The van der Waals surface area contributed by atoms with E-state index in [-0.39, 0.29) is 0 Å². The largest absolute Gasteiger partial charge is 0.330 e. The second-order valence-corrected chi connectivity index (χ2v) is 2.30. The molecule has 0 radical (unpaired) electrons. The van der Waals surface area contributed by atoms with Gasteiger partial charge in [-0.25, -0.2) is 0 Å². The Bertz CT molecular complexity index is 47.4. The van der Waals surface area contributed by atoms with Crippen LogP contribution in [0.1, 0.15) is 26.2 Å². The van der Waals surface area contributed by atoms with Gasteiger partial charge in [0.05, 0.1) is 0 Å². The second-order valence-electron chi connectivity index (χ2n) is 1.76. The first-order valence-corrected chi connectivity index (χ1v) is 4.42. The van der Waals surface area contributed by atoms with Gasteiger partial charge >= 0.3 is 8.60 Å². The Hall–Kier alpha value is 0.270. The molecule has 64 valence electrons. The van der Waals surface area contributed by atoms with E-state index in [4.69, 9.17) is 20.4 Å². The fraction of sp³-hybridized carbons (Fsp3) is 1.00. The lowest BCUT2D eigenvalue weighted by Gasteiger charge is -1.86. The molecule has 0 fully saturated rings. The average Bonchev–Trinajstić information content (AvgIpc) is 1.82. The van der Waals surface area contributed by atoms with Gasteiger partial charge in [0, 0.05) is 0 Å². The first kappa shape index (κ1) is 12.9. The van der Waals surface area contributed by atoms with Crippen molar-refractivity contribution < 1.29 is 14.7 Å². The van der Waals surface area contributed by atoms with Gasteiger partial charge in [0.1, 0.15) is 0 Å². The van der Waals surface area contributed by atoms with E-state index in [0.717, 1.165) is 6.54 Å². The molecule has 0 bridgehead atoms. The smallest absolute Gasteiger partial charge is 0.324 e. The van der Waals surface area contributed by atoms with Crippen molar-refractivity contribution in [2.24, 2.45) is 5.73 Å². The maximum atomic E-state index is 7.23. The maximum absolute atomic E-state index is 7.23. The summed E-state index contributed by atoms with van der Waals surface area (Å²) in [6, 6.07) is 0. The molecule has 0 spiro atoms. The number of hydrogen-bond donors (Lipinski definition) is 4. The Kier molecular flexibility index (Phi) is 15.5. The van der Waals surface area contributed by atoms with Crippen molar-refractivity contribution in [3.8, 4) is 0 Å². The lowest BCUT2D eigenvalue weighted by Crippen LogP contribution is -1.96. The van der Waals surface area contributed by atoms with Gasteiger partial charge in [0.15, 0.2) is 0 Å². The standard InChI is InChI=1S/C5H13N.H3O3P/c1-2-3-4-5-6;1-4(2)3/h2-6H2,1H3;1-3H. The van der Waals surface area contributed by atoms with Crippen LogP contribution in [0.15, 0.2) is 0 Å². The van der Waals surface area contributed by atoms with Crippen LogP contribution in [0.5, 0.6) is 0 Å². The summed E-state index contributed by atoms with van der Waals surface area (Å²) < 4.78 is 0. The Morgan fingerprint density at radius 2 is 1.60 bits per heavy atom. The molecular weight excluding hydrogens is 153 g/mol. The van der Waals surface area contributed by atoms with E-state index in [1.54, 1.807) is 0 Å². The zero-order valence-electron chi connectivity index (χ0n) is 6.19. The van der Waals surface area contributed by atoms with E-state index in [1.807, 2.05) is 0 Å². The van der Waals surface area contributed by atoms with Gasteiger partial charge in [-0.3, -0.25) is 0 Å². The molecular formula is C5H16NO3P. The van der Waals surface area contributed by atoms with Crippen LogP contribution in [-0.4, -0.2) is 21.2 Å². The van der Waals surface area contributed by atoms with Crippen LogP contribution in [0.4, 0.5) is 0 Å². The van der Waals surface area contributed by atoms with Crippen molar-refractivity contribution in [1.29, 1.82) is 0 Å². The highest BCUT2D eigenvalue weighted by Crippen LogP contribution is 2.11. The van der Waals surface area contributed by atoms with Gasteiger partial charge in [0.25, 0.3) is 0 Å². The summed E-state index contributed by atoms with van der Waals surface area (Å²) in [5.74, 6) is 0. The van der Waals surface area contributed by atoms with Crippen molar-refractivity contribution >= 4 is 8.60 Å². The third kappa shape index (κ3) is 40.9. The fourth-order valence-corrected chi connectivity index (χ4v) is 0.394. The first-order valence-electron chi connectivity index (χ1n) is 3.22. The lowest BCUT2D eigenvalue weighted by molar-refractivity contribution is 0.368. The minimum Gasteiger partial charge on any atom is -0.330 e. The van der Waals surface area contributed by atoms with Crippen molar-refractivity contribution in [3.05, 3.63) is 0 Å². The molecule has 0 heterocycles. The highest BCUT2D eigenvalue weighted by atomic mass is 31.2. The maximum Gasteiger partial charge on any atom is 0.324 e. The lowest BCUT2D eigenvalue weighted by atomic mass is 10.3. The summed E-state index contributed by atoms with van der Waals surface area (Å²) in [5.41, 5.74) is 5.21. The summed E-state index contributed by atoms with van der Waals surface area (Å²) in [4.78, 5) is 21.7. The third-order valence-electron chi connectivity index (χ3n) is 0.808. The zero-order chi connectivity index (χ0) is 8.41.